The zero-order chi connectivity index (χ0) is 15.7. The predicted octanol–water partition coefficient (Wildman–Crippen LogP) is 1.67. The van der Waals surface area contributed by atoms with Crippen LogP contribution in [0.25, 0.3) is 0 Å². The summed E-state index contributed by atoms with van der Waals surface area (Å²) < 4.78 is 32.5. The highest BCUT2D eigenvalue weighted by atomic mass is 32.2. The van der Waals surface area contributed by atoms with E-state index in [4.69, 9.17) is 5.73 Å². The first kappa shape index (κ1) is 15.8. The van der Waals surface area contributed by atoms with Crippen LogP contribution in [0.15, 0.2) is 23.1 Å². The van der Waals surface area contributed by atoms with E-state index in [2.05, 4.69) is 9.46 Å². The van der Waals surface area contributed by atoms with E-state index in [1.165, 1.54) is 25.3 Å². The Morgan fingerprint density at radius 3 is 2.52 bits per heavy atom. The lowest BCUT2D eigenvalue weighted by Crippen LogP contribution is -2.43. The minimum Gasteiger partial charge on any atom is -0.465 e. The van der Waals surface area contributed by atoms with Crippen molar-refractivity contribution in [1.29, 1.82) is 0 Å². The van der Waals surface area contributed by atoms with Gasteiger partial charge >= 0.3 is 5.97 Å². The lowest BCUT2D eigenvalue weighted by Gasteiger charge is -2.25. The second-order valence-electron chi connectivity index (χ2n) is 5.62. The number of nitrogens with one attached hydrogen (secondary N) is 1. The maximum atomic E-state index is 12.6. The molecule has 21 heavy (non-hydrogen) atoms. The standard InChI is InChI=1S/C14H20N2O4S/c1-14(7-3-4-8-14)16-21(18,19)12-6-5-10(15)9-11(12)13(17)20-2/h5-6,9,16H,3-4,7-8,15H2,1-2H3. The number of benzene rings is 1. The monoisotopic (exact) mass is 312 g/mol. The topological polar surface area (TPSA) is 98.5 Å². The minimum atomic E-state index is -3.81. The number of nitrogens with two attached hydrogens (primary N) is 1. The van der Waals surface area contributed by atoms with Crippen LogP contribution in [0.5, 0.6) is 0 Å². The van der Waals surface area contributed by atoms with Crippen molar-refractivity contribution < 1.29 is 17.9 Å². The Kier molecular flexibility index (Phi) is 4.25. The molecule has 0 atom stereocenters. The predicted molar refractivity (Wildman–Crippen MR) is 79.4 cm³/mol. The number of methoxy groups -OCH3 is 1. The molecule has 0 aliphatic heterocycles. The lowest BCUT2D eigenvalue weighted by molar-refractivity contribution is 0.0596. The number of ether oxygens (including phenoxy) is 1. The minimum absolute atomic E-state index is 0.0494. The van der Waals surface area contributed by atoms with Gasteiger partial charge in [-0.1, -0.05) is 12.8 Å². The SMILES string of the molecule is COC(=O)c1cc(N)ccc1S(=O)(=O)NC1(C)CCCC1. The first-order valence-electron chi connectivity index (χ1n) is 6.79. The average Bonchev–Trinajstić information content (AvgIpc) is 2.82. The summed E-state index contributed by atoms with van der Waals surface area (Å²) in [6, 6.07) is 4.11. The molecule has 1 aliphatic carbocycles. The molecule has 2 rings (SSSR count). The second-order valence-corrected chi connectivity index (χ2v) is 7.27. The van der Waals surface area contributed by atoms with Crippen molar-refractivity contribution in [3.05, 3.63) is 23.8 Å². The van der Waals surface area contributed by atoms with Crippen LogP contribution in [0.3, 0.4) is 0 Å². The molecule has 0 aromatic heterocycles. The Balaban J connectivity index is 2.42. The lowest BCUT2D eigenvalue weighted by atomic mass is 10.0. The molecule has 0 saturated heterocycles. The zero-order valence-electron chi connectivity index (χ0n) is 12.2. The van der Waals surface area contributed by atoms with Crippen LogP contribution in [0.4, 0.5) is 5.69 Å². The molecule has 1 aliphatic rings. The van der Waals surface area contributed by atoms with Crippen LogP contribution < -0.4 is 10.5 Å². The van der Waals surface area contributed by atoms with Crippen molar-refractivity contribution in [2.24, 2.45) is 0 Å². The molecule has 7 heteroatoms. The number of anilines is 1. The first-order valence-corrected chi connectivity index (χ1v) is 8.28. The Labute approximate surface area is 124 Å². The van der Waals surface area contributed by atoms with Gasteiger partial charge in [-0.3, -0.25) is 0 Å². The summed E-state index contributed by atoms with van der Waals surface area (Å²) in [5.74, 6) is -0.723. The fourth-order valence-electron chi connectivity index (χ4n) is 2.69. The summed E-state index contributed by atoms with van der Waals surface area (Å²) in [7, 11) is -2.61. The van der Waals surface area contributed by atoms with E-state index in [9.17, 15) is 13.2 Å². The number of esters is 1. The van der Waals surface area contributed by atoms with Crippen molar-refractivity contribution >= 4 is 21.7 Å². The molecule has 0 amide bonds. The fourth-order valence-corrected chi connectivity index (χ4v) is 4.33. The zero-order valence-corrected chi connectivity index (χ0v) is 13.0. The number of carbonyl (C=O) groups is 1. The number of hydrogen-bond donors (Lipinski definition) is 2. The summed E-state index contributed by atoms with van der Waals surface area (Å²) in [6.07, 6.45) is 3.55. The van der Waals surface area contributed by atoms with Crippen LogP contribution in [-0.4, -0.2) is 27.0 Å². The van der Waals surface area contributed by atoms with Gasteiger partial charge in [-0.05, 0) is 38.0 Å². The van der Waals surface area contributed by atoms with E-state index in [1.54, 1.807) is 0 Å². The third-order valence-electron chi connectivity index (χ3n) is 3.79. The van der Waals surface area contributed by atoms with E-state index in [-0.39, 0.29) is 10.5 Å². The van der Waals surface area contributed by atoms with Crippen molar-refractivity contribution in [1.82, 2.24) is 4.72 Å². The van der Waals surface area contributed by atoms with Gasteiger partial charge in [-0.2, -0.15) is 0 Å². The molecular weight excluding hydrogens is 292 g/mol. The number of carbonyl (C=O) groups excluding carboxylic acids is 1. The summed E-state index contributed by atoms with van der Waals surface area (Å²) >= 11 is 0. The molecule has 1 aromatic rings. The molecule has 0 unspecified atom stereocenters. The summed E-state index contributed by atoms with van der Waals surface area (Å²) in [5, 5.41) is 0. The van der Waals surface area contributed by atoms with Gasteiger partial charge in [-0.25, -0.2) is 17.9 Å². The third kappa shape index (κ3) is 3.36. The number of rotatable bonds is 4. The smallest absolute Gasteiger partial charge is 0.339 e. The van der Waals surface area contributed by atoms with Crippen LogP contribution >= 0.6 is 0 Å². The number of nitrogen functional groups attached to an aromatic ring is 1. The van der Waals surface area contributed by atoms with Gasteiger partial charge in [0.25, 0.3) is 0 Å². The van der Waals surface area contributed by atoms with E-state index >= 15 is 0 Å². The molecule has 0 bridgehead atoms. The summed E-state index contributed by atoms with van der Waals surface area (Å²) in [5.41, 5.74) is 5.42. The van der Waals surface area contributed by atoms with Crippen LogP contribution in [-0.2, 0) is 14.8 Å². The Morgan fingerprint density at radius 1 is 1.33 bits per heavy atom. The number of sulfonamides is 1. The second kappa shape index (κ2) is 5.65. The highest BCUT2D eigenvalue weighted by Gasteiger charge is 2.35. The van der Waals surface area contributed by atoms with Crippen molar-refractivity contribution in [2.45, 2.75) is 43.0 Å². The van der Waals surface area contributed by atoms with Gasteiger partial charge in [0.1, 0.15) is 0 Å². The van der Waals surface area contributed by atoms with Crippen molar-refractivity contribution in [3.8, 4) is 0 Å². The summed E-state index contributed by atoms with van der Waals surface area (Å²) in [4.78, 5) is 11.7. The Morgan fingerprint density at radius 2 is 1.95 bits per heavy atom. The van der Waals surface area contributed by atoms with Gasteiger partial charge in [0.05, 0.1) is 17.6 Å². The van der Waals surface area contributed by atoms with Crippen LogP contribution in [0, 0.1) is 0 Å². The molecule has 116 valence electrons. The van der Waals surface area contributed by atoms with Gasteiger partial charge in [0.2, 0.25) is 10.0 Å². The molecule has 0 heterocycles. The maximum Gasteiger partial charge on any atom is 0.339 e. The highest BCUT2D eigenvalue weighted by Crippen LogP contribution is 2.31. The Bertz CT molecular complexity index is 649. The highest BCUT2D eigenvalue weighted by molar-refractivity contribution is 7.89. The van der Waals surface area contributed by atoms with E-state index in [0.717, 1.165) is 25.7 Å². The van der Waals surface area contributed by atoms with Gasteiger partial charge in [0, 0.05) is 11.2 Å². The van der Waals surface area contributed by atoms with Gasteiger partial charge in [0.15, 0.2) is 0 Å². The molecule has 6 nitrogen and oxygen atoms in total. The average molecular weight is 312 g/mol. The van der Waals surface area contributed by atoms with Crippen LogP contribution in [0.2, 0.25) is 0 Å². The quantitative estimate of drug-likeness (QED) is 0.651. The van der Waals surface area contributed by atoms with Gasteiger partial charge < -0.3 is 10.5 Å². The molecule has 1 aromatic carbocycles. The molecule has 0 radical (unpaired) electrons. The molecule has 3 N–H and O–H groups in total. The normalized spacial score (nSPS) is 17.6. The third-order valence-corrected chi connectivity index (χ3v) is 5.48. The van der Waals surface area contributed by atoms with Gasteiger partial charge in [-0.15, -0.1) is 0 Å². The molecule has 1 fully saturated rings. The molecule has 0 spiro atoms. The maximum absolute atomic E-state index is 12.6. The fraction of sp³-hybridized carbons (Fsp3) is 0.500. The first-order chi connectivity index (χ1) is 9.77. The van der Waals surface area contributed by atoms with E-state index in [0.29, 0.717) is 5.69 Å². The van der Waals surface area contributed by atoms with E-state index in [1.807, 2.05) is 6.92 Å². The van der Waals surface area contributed by atoms with Crippen LogP contribution in [0.1, 0.15) is 43.0 Å². The largest absolute Gasteiger partial charge is 0.465 e. The van der Waals surface area contributed by atoms with Crippen molar-refractivity contribution in [3.63, 3.8) is 0 Å². The molecular formula is C14H20N2O4S. The summed E-state index contributed by atoms with van der Waals surface area (Å²) in [6.45, 7) is 1.88. The number of hydrogen-bond acceptors (Lipinski definition) is 5. The Hall–Kier alpha value is -1.60. The molecule has 1 saturated carbocycles. The van der Waals surface area contributed by atoms with Crippen molar-refractivity contribution in [2.75, 3.05) is 12.8 Å². The van der Waals surface area contributed by atoms with E-state index < -0.39 is 21.5 Å².